The molecule has 0 aromatic carbocycles. The minimum absolute atomic E-state index is 0.127. The quantitative estimate of drug-likeness (QED) is 0.835. The number of nitrogens with zero attached hydrogens (tertiary/aromatic N) is 1. The lowest BCUT2D eigenvalue weighted by atomic mass is 9.86. The lowest BCUT2D eigenvalue weighted by molar-refractivity contribution is -0.226. The zero-order valence-corrected chi connectivity index (χ0v) is 13.4. The van der Waals surface area contributed by atoms with E-state index in [0.717, 1.165) is 11.3 Å². The lowest BCUT2D eigenvalue weighted by Crippen LogP contribution is -2.47. The number of aliphatic carboxylic acids is 1. The summed E-state index contributed by atoms with van der Waals surface area (Å²) in [6, 6.07) is 2.72. The second-order valence-electron chi connectivity index (χ2n) is 4.53. The molecule has 118 valence electrons. The van der Waals surface area contributed by atoms with Crippen LogP contribution < -0.4 is 0 Å². The van der Waals surface area contributed by atoms with Crippen molar-refractivity contribution in [2.75, 3.05) is 13.1 Å². The molecule has 2 heterocycles. The van der Waals surface area contributed by atoms with Crippen LogP contribution >= 0.6 is 27.3 Å². The van der Waals surface area contributed by atoms with Gasteiger partial charge in [0.2, 0.25) is 0 Å². The summed E-state index contributed by atoms with van der Waals surface area (Å²) in [6.07, 6.45) is -5.81. The summed E-state index contributed by atoms with van der Waals surface area (Å²) in [6.45, 7) is -1.59. The highest BCUT2D eigenvalue weighted by molar-refractivity contribution is 9.11. The number of hydrogen-bond donors (Lipinski definition) is 1. The number of halogens is 4. The van der Waals surface area contributed by atoms with Crippen LogP contribution in [0.25, 0.3) is 0 Å². The van der Waals surface area contributed by atoms with E-state index in [4.69, 9.17) is 5.11 Å². The van der Waals surface area contributed by atoms with E-state index in [9.17, 15) is 26.4 Å². The molecule has 5 nitrogen and oxygen atoms in total. The van der Waals surface area contributed by atoms with Gasteiger partial charge in [-0.15, -0.1) is 11.3 Å². The van der Waals surface area contributed by atoms with Crippen molar-refractivity contribution in [1.82, 2.24) is 4.31 Å². The molecular formula is C10H9BrF3NO4S2. The van der Waals surface area contributed by atoms with Crippen LogP contribution in [0.1, 0.15) is 6.42 Å². The lowest BCUT2D eigenvalue weighted by Gasteiger charge is -2.26. The molecule has 1 aliphatic rings. The van der Waals surface area contributed by atoms with Gasteiger partial charge < -0.3 is 5.11 Å². The van der Waals surface area contributed by atoms with Crippen molar-refractivity contribution in [2.45, 2.75) is 16.8 Å². The second-order valence-corrected chi connectivity index (χ2v) is 9.16. The molecule has 2 rings (SSSR count). The van der Waals surface area contributed by atoms with Gasteiger partial charge in [0.15, 0.2) is 5.41 Å². The number of carboxylic acids is 1. The summed E-state index contributed by atoms with van der Waals surface area (Å²) < 4.78 is 64.5. The predicted octanol–water partition coefficient (Wildman–Crippen LogP) is 2.54. The maximum Gasteiger partial charge on any atom is 0.406 e. The van der Waals surface area contributed by atoms with Crippen LogP contribution in [0, 0.1) is 5.41 Å². The highest BCUT2D eigenvalue weighted by Crippen LogP contribution is 2.47. The summed E-state index contributed by atoms with van der Waals surface area (Å²) in [5, 5.41) is 8.91. The largest absolute Gasteiger partial charge is 0.481 e. The molecule has 1 aromatic heterocycles. The number of sulfonamides is 1. The Balaban J connectivity index is 2.36. The number of carbonyl (C=O) groups is 1. The summed E-state index contributed by atoms with van der Waals surface area (Å²) in [4.78, 5) is 11.0. The molecule has 1 saturated heterocycles. The highest BCUT2D eigenvalue weighted by atomic mass is 79.9. The molecule has 0 saturated carbocycles. The summed E-state index contributed by atoms with van der Waals surface area (Å²) in [5.41, 5.74) is -3.05. The first kappa shape index (κ1) is 16.7. The van der Waals surface area contributed by atoms with Gasteiger partial charge in [0.1, 0.15) is 4.21 Å². The topological polar surface area (TPSA) is 74.7 Å². The van der Waals surface area contributed by atoms with Gasteiger partial charge in [0, 0.05) is 13.1 Å². The fourth-order valence-corrected chi connectivity index (χ4v) is 5.74. The van der Waals surface area contributed by atoms with Gasteiger partial charge in [0.25, 0.3) is 10.0 Å². The molecule has 0 bridgehead atoms. The molecule has 1 fully saturated rings. The smallest absolute Gasteiger partial charge is 0.406 e. The first-order valence-electron chi connectivity index (χ1n) is 5.56. The molecule has 0 spiro atoms. The van der Waals surface area contributed by atoms with E-state index in [1.54, 1.807) is 0 Å². The molecule has 0 amide bonds. The van der Waals surface area contributed by atoms with E-state index >= 15 is 0 Å². The Morgan fingerprint density at radius 3 is 2.43 bits per heavy atom. The molecule has 1 aliphatic heterocycles. The van der Waals surface area contributed by atoms with Crippen LogP contribution in [0.2, 0.25) is 0 Å². The zero-order chi connectivity index (χ0) is 16.1. The molecule has 1 unspecified atom stereocenters. The number of rotatable bonds is 3. The standard InChI is InChI=1S/C10H9BrF3NO4S2/c11-6-1-2-7(20-6)21(18,19)15-4-3-9(5-15,8(16)17)10(12,13)14/h1-2H,3-5H2,(H,16,17). The Bertz CT molecular complexity index is 672. The molecule has 0 radical (unpaired) electrons. The number of alkyl halides is 3. The van der Waals surface area contributed by atoms with Crippen LogP contribution in [0.5, 0.6) is 0 Å². The Morgan fingerprint density at radius 1 is 1.43 bits per heavy atom. The Morgan fingerprint density at radius 2 is 2.05 bits per heavy atom. The maximum absolute atomic E-state index is 13.0. The van der Waals surface area contributed by atoms with Crippen LogP contribution in [0.4, 0.5) is 13.2 Å². The normalized spacial score (nSPS) is 24.4. The molecule has 11 heteroatoms. The predicted molar refractivity (Wildman–Crippen MR) is 71.5 cm³/mol. The highest BCUT2D eigenvalue weighted by Gasteiger charge is 2.65. The first-order chi connectivity index (χ1) is 9.50. The minimum Gasteiger partial charge on any atom is -0.481 e. The Hall–Kier alpha value is -0.650. The van der Waals surface area contributed by atoms with E-state index in [1.165, 1.54) is 12.1 Å². The zero-order valence-electron chi connectivity index (χ0n) is 10.2. The molecular weight excluding hydrogens is 399 g/mol. The first-order valence-corrected chi connectivity index (χ1v) is 8.61. The van der Waals surface area contributed by atoms with Gasteiger partial charge in [-0.3, -0.25) is 4.79 Å². The van der Waals surface area contributed by atoms with Gasteiger partial charge >= 0.3 is 12.1 Å². The second kappa shape index (κ2) is 5.21. The van der Waals surface area contributed by atoms with Crippen molar-refractivity contribution in [3.63, 3.8) is 0 Å². The monoisotopic (exact) mass is 407 g/mol. The Kier molecular flexibility index (Phi) is 4.15. The van der Waals surface area contributed by atoms with Gasteiger partial charge in [-0.1, -0.05) is 0 Å². The van der Waals surface area contributed by atoms with Crippen molar-refractivity contribution >= 4 is 43.3 Å². The number of carboxylic acid groups (broad SMARTS) is 1. The maximum atomic E-state index is 13.0. The van der Waals surface area contributed by atoms with Crippen LogP contribution in [0.15, 0.2) is 20.1 Å². The van der Waals surface area contributed by atoms with E-state index < -0.39 is 47.1 Å². The molecule has 0 aliphatic carbocycles. The van der Waals surface area contributed by atoms with Crippen molar-refractivity contribution in [1.29, 1.82) is 0 Å². The third-order valence-corrected chi connectivity index (χ3v) is 7.27. The third-order valence-electron chi connectivity index (χ3n) is 3.33. The van der Waals surface area contributed by atoms with Crippen molar-refractivity contribution < 1.29 is 31.5 Å². The number of hydrogen-bond acceptors (Lipinski definition) is 4. The van der Waals surface area contributed by atoms with E-state index in [0.29, 0.717) is 8.09 Å². The number of thiophene rings is 1. The summed E-state index contributed by atoms with van der Waals surface area (Å²) >= 11 is 3.93. The van der Waals surface area contributed by atoms with E-state index in [-0.39, 0.29) is 4.21 Å². The van der Waals surface area contributed by atoms with Crippen molar-refractivity contribution in [3.05, 3.63) is 15.9 Å². The molecule has 1 N–H and O–H groups in total. The molecule has 1 atom stereocenters. The summed E-state index contributed by atoms with van der Waals surface area (Å²) in [7, 11) is -4.12. The minimum atomic E-state index is -5.01. The van der Waals surface area contributed by atoms with Crippen molar-refractivity contribution in [2.24, 2.45) is 5.41 Å². The van der Waals surface area contributed by atoms with Gasteiger partial charge in [0.05, 0.1) is 3.79 Å². The Labute approximate surface area is 130 Å². The van der Waals surface area contributed by atoms with E-state index in [1.807, 2.05) is 0 Å². The average Bonchev–Trinajstić information content (AvgIpc) is 2.94. The molecule has 21 heavy (non-hydrogen) atoms. The average molecular weight is 408 g/mol. The van der Waals surface area contributed by atoms with Crippen LogP contribution in [0.3, 0.4) is 0 Å². The molecule has 1 aromatic rings. The van der Waals surface area contributed by atoms with Crippen LogP contribution in [-0.4, -0.2) is 43.1 Å². The van der Waals surface area contributed by atoms with Crippen LogP contribution in [-0.2, 0) is 14.8 Å². The third kappa shape index (κ3) is 2.71. The fourth-order valence-electron chi connectivity index (χ4n) is 2.07. The summed E-state index contributed by atoms with van der Waals surface area (Å²) in [5.74, 6) is -2.06. The van der Waals surface area contributed by atoms with Crippen molar-refractivity contribution in [3.8, 4) is 0 Å². The SMILES string of the molecule is O=C(O)C1(C(F)(F)F)CCN(S(=O)(=O)c2ccc(Br)s2)C1. The van der Waals surface area contributed by atoms with Gasteiger partial charge in [-0.2, -0.15) is 17.5 Å². The fraction of sp³-hybridized carbons (Fsp3) is 0.500. The van der Waals surface area contributed by atoms with Gasteiger partial charge in [-0.25, -0.2) is 8.42 Å². The van der Waals surface area contributed by atoms with E-state index in [2.05, 4.69) is 15.9 Å². The van der Waals surface area contributed by atoms with Gasteiger partial charge in [-0.05, 0) is 34.5 Å².